The van der Waals surface area contributed by atoms with Crippen LogP contribution in [0.25, 0.3) is 0 Å². The quantitative estimate of drug-likeness (QED) is 0.685. The Morgan fingerprint density at radius 2 is 2.07 bits per heavy atom. The van der Waals surface area contributed by atoms with Crippen molar-refractivity contribution in [1.82, 2.24) is 10.3 Å². The number of benzene rings is 1. The highest BCUT2D eigenvalue weighted by Gasteiger charge is 2.25. The van der Waals surface area contributed by atoms with Crippen LogP contribution in [0.3, 0.4) is 0 Å². The standard InChI is InChI=1S/C22H23ClN4O3/c1-3-20(28)25-13-19-17(9-10-21(29)30-2)27-22(18-6-4-5-11-24-18)15-12-14(23)7-8-16(15)26-19/h4-8,11-12,17H,3,9-10,13H2,1-2H3,(H,25,28)/t17-/m0/s1. The highest BCUT2D eigenvalue weighted by atomic mass is 35.5. The summed E-state index contributed by atoms with van der Waals surface area (Å²) in [5.41, 5.74) is 3.42. The molecule has 0 fully saturated rings. The molecule has 0 spiro atoms. The summed E-state index contributed by atoms with van der Waals surface area (Å²) in [7, 11) is 1.35. The second-order valence-electron chi connectivity index (χ2n) is 6.72. The Morgan fingerprint density at radius 1 is 1.23 bits per heavy atom. The summed E-state index contributed by atoms with van der Waals surface area (Å²) in [6, 6.07) is 10.5. The van der Waals surface area contributed by atoms with Crippen molar-refractivity contribution in [1.29, 1.82) is 0 Å². The number of nitrogens with one attached hydrogen (secondary N) is 1. The molecule has 2 aromatic rings. The SMILES string of the molecule is CCC(=O)NCC1=Nc2ccc(Cl)cc2C(c2ccccn2)=N[C@H]1CCC(=O)OC. The number of methoxy groups -OCH3 is 1. The van der Waals surface area contributed by atoms with Crippen molar-refractivity contribution in [3.05, 3.63) is 58.9 Å². The number of rotatable bonds is 7. The van der Waals surface area contributed by atoms with Crippen LogP contribution in [0.4, 0.5) is 5.69 Å². The zero-order chi connectivity index (χ0) is 21.5. The molecule has 156 valence electrons. The fourth-order valence-electron chi connectivity index (χ4n) is 3.09. The van der Waals surface area contributed by atoms with Gasteiger partial charge < -0.3 is 10.1 Å². The van der Waals surface area contributed by atoms with Crippen molar-refractivity contribution in [3.8, 4) is 0 Å². The number of halogens is 1. The summed E-state index contributed by atoms with van der Waals surface area (Å²) >= 11 is 6.26. The molecule has 0 radical (unpaired) electrons. The van der Waals surface area contributed by atoms with E-state index in [0.29, 0.717) is 40.7 Å². The summed E-state index contributed by atoms with van der Waals surface area (Å²) in [6.45, 7) is 2.02. The van der Waals surface area contributed by atoms with Crippen LogP contribution in [0.15, 0.2) is 52.6 Å². The van der Waals surface area contributed by atoms with Crippen LogP contribution in [0.1, 0.15) is 37.4 Å². The lowest BCUT2D eigenvalue weighted by molar-refractivity contribution is -0.140. The molecule has 8 heteroatoms. The zero-order valence-corrected chi connectivity index (χ0v) is 17.6. The van der Waals surface area contributed by atoms with E-state index >= 15 is 0 Å². The maximum atomic E-state index is 11.8. The van der Waals surface area contributed by atoms with Crippen LogP contribution >= 0.6 is 11.6 Å². The van der Waals surface area contributed by atoms with E-state index in [9.17, 15) is 9.59 Å². The molecule has 7 nitrogen and oxygen atoms in total. The van der Waals surface area contributed by atoms with E-state index in [2.05, 4.69) is 10.3 Å². The molecule has 30 heavy (non-hydrogen) atoms. The molecule has 1 aliphatic heterocycles. The van der Waals surface area contributed by atoms with Gasteiger partial charge in [0.25, 0.3) is 0 Å². The first-order valence-corrected chi connectivity index (χ1v) is 10.1. The molecule has 1 N–H and O–H groups in total. The van der Waals surface area contributed by atoms with Crippen LogP contribution < -0.4 is 5.32 Å². The topological polar surface area (TPSA) is 93.0 Å². The number of amides is 1. The molecule has 1 atom stereocenters. The number of carbonyl (C=O) groups is 2. The molecule has 0 bridgehead atoms. The van der Waals surface area contributed by atoms with Gasteiger partial charge in [-0.15, -0.1) is 0 Å². The van der Waals surface area contributed by atoms with E-state index in [1.165, 1.54) is 7.11 Å². The number of ether oxygens (including phenoxy) is 1. The summed E-state index contributed by atoms with van der Waals surface area (Å²) in [5, 5.41) is 3.42. The molecule has 0 aliphatic carbocycles. The fraction of sp³-hybridized carbons (Fsp3) is 0.318. The molecule has 1 aliphatic rings. The number of pyridine rings is 1. The Morgan fingerprint density at radius 3 is 2.77 bits per heavy atom. The Bertz CT molecular complexity index is 989. The van der Waals surface area contributed by atoms with Gasteiger partial charge >= 0.3 is 5.97 Å². The van der Waals surface area contributed by atoms with Gasteiger partial charge in [0.2, 0.25) is 5.91 Å². The highest BCUT2D eigenvalue weighted by molar-refractivity contribution is 6.31. The minimum absolute atomic E-state index is 0.0843. The van der Waals surface area contributed by atoms with Gasteiger partial charge in [0.05, 0.1) is 42.5 Å². The smallest absolute Gasteiger partial charge is 0.305 e. The minimum Gasteiger partial charge on any atom is -0.469 e. The number of nitrogens with zero attached hydrogens (tertiary/aromatic N) is 3. The lowest BCUT2D eigenvalue weighted by atomic mass is 10.0. The van der Waals surface area contributed by atoms with Crippen LogP contribution in [-0.2, 0) is 14.3 Å². The molecular weight excluding hydrogens is 404 g/mol. The molecule has 0 unspecified atom stereocenters. The number of hydrogen-bond donors (Lipinski definition) is 1. The minimum atomic E-state index is -0.426. The number of aliphatic imine (C=N–C) groups is 2. The second-order valence-corrected chi connectivity index (χ2v) is 7.15. The Balaban J connectivity index is 2.08. The van der Waals surface area contributed by atoms with Crippen molar-refractivity contribution >= 4 is 40.6 Å². The third kappa shape index (κ3) is 5.30. The number of esters is 1. The summed E-state index contributed by atoms with van der Waals surface area (Å²) in [6.07, 6.45) is 2.64. The van der Waals surface area contributed by atoms with E-state index in [1.54, 1.807) is 25.3 Å². The van der Waals surface area contributed by atoms with Crippen molar-refractivity contribution in [3.63, 3.8) is 0 Å². The molecular formula is C22H23ClN4O3. The first-order valence-electron chi connectivity index (χ1n) is 9.72. The van der Waals surface area contributed by atoms with Crippen molar-refractivity contribution in [2.75, 3.05) is 13.7 Å². The van der Waals surface area contributed by atoms with Crippen LogP contribution in [0.5, 0.6) is 0 Å². The molecule has 0 saturated carbocycles. The van der Waals surface area contributed by atoms with Gasteiger partial charge in [-0.1, -0.05) is 24.6 Å². The van der Waals surface area contributed by atoms with E-state index in [4.69, 9.17) is 26.3 Å². The highest BCUT2D eigenvalue weighted by Crippen LogP contribution is 2.30. The van der Waals surface area contributed by atoms with E-state index in [1.807, 2.05) is 24.3 Å². The largest absolute Gasteiger partial charge is 0.469 e. The Labute approximate surface area is 180 Å². The normalized spacial score (nSPS) is 15.4. The average Bonchev–Trinajstić information content (AvgIpc) is 2.92. The third-order valence-corrected chi connectivity index (χ3v) is 4.93. The lowest BCUT2D eigenvalue weighted by Crippen LogP contribution is -2.35. The number of carbonyl (C=O) groups excluding carboxylic acids is 2. The molecule has 2 heterocycles. The number of hydrogen-bond acceptors (Lipinski definition) is 6. The van der Waals surface area contributed by atoms with E-state index in [0.717, 1.165) is 5.56 Å². The van der Waals surface area contributed by atoms with E-state index < -0.39 is 6.04 Å². The van der Waals surface area contributed by atoms with Crippen LogP contribution in [0.2, 0.25) is 5.02 Å². The Hall–Kier alpha value is -3.06. The predicted octanol–water partition coefficient (Wildman–Crippen LogP) is 3.51. The second kappa shape index (κ2) is 10.1. The lowest BCUT2D eigenvalue weighted by Gasteiger charge is -2.15. The van der Waals surface area contributed by atoms with Gasteiger partial charge in [0, 0.05) is 29.6 Å². The molecule has 1 amide bonds. The van der Waals surface area contributed by atoms with Gasteiger partial charge in [0.1, 0.15) is 0 Å². The number of aromatic nitrogens is 1. The first kappa shape index (κ1) is 21.6. The average molecular weight is 427 g/mol. The summed E-state index contributed by atoms with van der Waals surface area (Å²) < 4.78 is 4.79. The van der Waals surface area contributed by atoms with Gasteiger partial charge in [-0.05, 0) is 36.8 Å². The van der Waals surface area contributed by atoms with Gasteiger partial charge in [-0.25, -0.2) is 0 Å². The summed E-state index contributed by atoms with van der Waals surface area (Å²) in [4.78, 5) is 37.8. The number of fused-ring (bicyclic) bond motifs is 1. The molecule has 3 rings (SSSR count). The molecule has 1 aromatic heterocycles. The van der Waals surface area contributed by atoms with Crippen molar-refractivity contribution < 1.29 is 14.3 Å². The monoisotopic (exact) mass is 426 g/mol. The zero-order valence-electron chi connectivity index (χ0n) is 16.9. The summed E-state index contributed by atoms with van der Waals surface area (Å²) in [5.74, 6) is -0.412. The van der Waals surface area contributed by atoms with Crippen LogP contribution in [-0.4, -0.2) is 48.0 Å². The first-order chi connectivity index (χ1) is 14.5. The maximum absolute atomic E-state index is 11.8. The predicted molar refractivity (Wildman–Crippen MR) is 117 cm³/mol. The maximum Gasteiger partial charge on any atom is 0.305 e. The van der Waals surface area contributed by atoms with Gasteiger partial charge in [-0.2, -0.15) is 0 Å². The Kier molecular flexibility index (Phi) is 7.30. The van der Waals surface area contributed by atoms with Gasteiger partial charge in [-0.3, -0.25) is 24.6 Å². The van der Waals surface area contributed by atoms with Crippen molar-refractivity contribution in [2.45, 2.75) is 32.2 Å². The fourth-order valence-corrected chi connectivity index (χ4v) is 3.26. The third-order valence-electron chi connectivity index (χ3n) is 4.69. The van der Waals surface area contributed by atoms with Gasteiger partial charge in [0.15, 0.2) is 0 Å². The van der Waals surface area contributed by atoms with Crippen LogP contribution in [0, 0.1) is 0 Å². The van der Waals surface area contributed by atoms with Crippen molar-refractivity contribution in [2.24, 2.45) is 9.98 Å². The molecule has 0 saturated heterocycles. The van der Waals surface area contributed by atoms with E-state index in [-0.39, 0.29) is 24.8 Å². The molecule has 1 aromatic carbocycles.